The summed E-state index contributed by atoms with van der Waals surface area (Å²) in [6, 6.07) is 0. The van der Waals surface area contributed by atoms with Crippen molar-refractivity contribution in [2.45, 2.75) is 176 Å². The third-order valence-corrected chi connectivity index (χ3v) is 4.63. The fourth-order valence-corrected chi connectivity index (χ4v) is 2.29. The first kappa shape index (κ1) is 34.7. The lowest BCUT2D eigenvalue weighted by molar-refractivity contribution is -0.526. The molecule has 0 aromatic heterocycles. The molecule has 1 saturated heterocycles. The zero-order chi connectivity index (χ0) is 28.0. The van der Waals surface area contributed by atoms with E-state index < -0.39 is 5.79 Å². The van der Waals surface area contributed by atoms with Crippen molar-refractivity contribution in [2.24, 2.45) is 0 Å². The fourth-order valence-electron chi connectivity index (χ4n) is 2.29. The lowest BCUT2D eigenvalue weighted by Gasteiger charge is -2.33. The van der Waals surface area contributed by atoms with Crippen molar-refractivity contribution in [3.63, 3.8) is 0 Å². The molecule has 0 saturated carbocycles. The summed E-state index contributed by atoms with van der Waals surface area (Å²) in [7, 11) is 0. The molecule has 35 heavy (non-hydrogen) atoms. The Morgan fingerprint density at radius 1 is 0.486 bits per heavy atom. The summed E-state index contributed by atoms with van der Waals surface area (Å²) in [6.07, 6.45) is 3.31. The predicted molar refractivity (Wildman–Crippen MR) is 137 cm³/mol. The monoisotopic (exact) mass is 508 g/mol. The molecule has 0 aliphatic carbocycles. The first-order valence-corrected chi connectivity index (χ1v) is 12.7. The van der Waals surface area contributed by atoms with Crippen LogP contribution in [-0.4, -0.2) is 39.4 Å². The van der Waals surface area contributed by atoms with Gasteiger partial charge >= 0.3 is 0 Å². The van der Waals surface area contributed by atoms with Crippen LogP contribution in [0.15, 0.2) is 0 Å². The summed E-state index contributed by atoms with van der Waals surface area (Å²) < 4.78 is 0. The van der Waals surface area contributed by atoms with Crippen LogP contribution in [0, 0.1) is 0 Å². The Balaban J connectivity index is 0.000000686. The summed E-state index contributed by atoms with van der Waals surface area (Å²) in [4.78, 5) is 43.0. The van der Waals surface area contributed by atoms with Crippen molar-refractivity contribution < 1.29 is 39.1 Å². The van der Waals surface area contributed by atoms with Gasteiger partial charge in [-0.2, -0.15) is 9.78 Å². The second kappa shape index (κ2) is 12.5. The lowest BCUT2D eigenvalue weighted by atomic mass is 9.94. The Hall–Kier alpha value is -0.320. The Morgan fingerprint density at radius 3 is 1.03 bits per heavy atom. The van der Waals surface area contributed by atoms with E-state index in [1.54, 1.807) is 13.8 Å². The minimum absolute atomic E-state index is 0.307. The van der Waals surface area contributed by atoms with Crippen molar-refractivity contribution in [1.29, 1.82) is 0 Å². The fraction of sp³-hybridized carbons (Fsp3) is 1.00. The van der Waals surface area contributed by atoms with Crippen LogP contribution in [0.4, 0.5) is 0 Å². The van der Waals surface area contributed by atoms with Gasteiger partial charge in [-0.3, -0.25) is 0 Å². The van der Waals surface area contributed by atoms with E-state index in [0.29, 0.717) is 0 Å². The molecule has 0 bridgehead atoms. The quantitative estimate of drug-likeness (QED) is 0.255. The van der Waals surface area contributed by atoms with E-state index in [0.717, 1.165) is 25.7 Å². The van der Waals surface area contributed by atoms with E-state index in [2.05, 4.69) is 0 Å². The van der Waals surface area contributed by atoms with Crippen LogP contribution in [0.2, 0.25) is 0 Å². The van der Waals surface area contributed by atoms with Crippen molar-refractivity contribution in [3.8, 4) is 0 Å². The maximum atomic E-state index is 5.54. The predicted octanol–water partition coefficient (Wildman–Crippen LogP) is 7.79. The molecule has 8 nitrogen and oxygen atoms in total. The average molecular weight is 509 g/mol. The van der Waals surface area contributed by atoms with Gasteiger partial charge in [0.1, 0.15) is 0 Å². The molecule has 0 N–H and O–H groups in total. The molecule has 0 unspecified atom stereocenters. The van der Waals surface area contributed by atoms with Crippen LogP contribution in [0.1, 0.15) is 136 Å². The summed E-state index contributed by atoms with van der Waals surface area (Å²) in [5.41, 5.74) is -2.00. The number of hydrogen-bond donors (Lipinski definition) is 0. The standard InChI is InChI=1S/C16H34O4.C11H22O4/c1-13(2,3)17-19-15(7,8)11-12-16(9,10)20-18-14(4,5)6;1-9(2)7-8-10(3,4)13-15-11(5,6)14-12-9/h11-12H2,1-10H3;7-8H2,1-6H3. The minimum atomic E-state index is -0.890. The molecule has 0 amide bonds. The van der Waals surface area contributed by atoms with Crippen LogP contribution in [-0.2, 0) is 39.1 Å². The lowest BCUT2D eigenvalue weighted by Crippen LogP contribution is -2.35. The van der Waals surface area contributed by atoms with E-state index in [4.69, 9.17) is 39.1 Å². The second-order valence-electron chi connectivity index (χ2n) is 14.3. The van der Waals surface area contributed by atoms with Crippen LogP contribution in [0.5, 0.6) is 0 Å². The summed E-state index contributed by atoms with van der Waals surface area (Å²) in [5.74, 6) is -0.890. The maximum Gasteiger partial charge on any atom is 0.228 e. The third-order valence-electron chi connectivity index (χ3n) is 4.63. The maximum absolute atomic E-state index is 5.54. The second-order valence-corrected chi connectivity index (χ2v) is 14.3. The van der Waals surface area contributed by atoms with E-state index >= 15 is 0 Å². The highest BCUT2D eigenvalue weighted by Crippen LogP contribution is 2.31. The van der Waals surface area contributed by atoms with Gasteiger partial charge in [-0.25, -0.2) is 29.3 Å². The van der Waals surface area contributed by atoms with Gasteiger partial charge in [0.25, 0.3) is 0 Å². The van der Waals surface area contributed by atoms with Crippen molar-refractivity contribution in [2.75, 3.05) is 0 Å². The zero-order valence-corrected chi connectivity index (χ0v) is 25.6. The van der Waals surface area contributed by atoms with E-state index in [1.165, 1.54) is 0 Å². The molecule has 1 rings (SSSR count). The van der Waals surface area contributed by atoms with Crippen LogP contribution >= 0.6 is 0 Å². The number of hydrogen-bond acceptors (Lipinski definition) is 8. The summed E-state index contributed by atoms with van der Waals surface area (Å²) in [6.45, 7) is 31.3. The van der Waals surface area contributed by atoms with E-state index in [1.807, 2.05) is 96.9 Å². The Labute approximate surface area is 215 Å². The third kappa shape index (κ3) is 19.5. The van der Waals surface area contributed by atoms with Gasteiger partial charge in [0.2, 0.25) is 5.79 Å². The van der Waals surface area contributed by atoms with Gasteiger partial charge in [0.15, 0.2) is 0 Å². The molecule has 0 aromatic carbocycles. The topological polar surface area (TPSA) is 73.8 Å². The van der Waals surface area contributed by atoms with Gasteiger partial charge in [-0.15, -0.1) is 0 Å². The van der Waals surface area contributed by atoms with Crippen molar-refractivity contribution >= 4 is 0 Å². The molecular weight excluding hydrogens is 452 g/mol. The average Bonchev–Trinajstić information content (AvgIpc) is 2.69. The van der Waals surface area contributed by atoms with E-state index in [9.17, 15) is 0 Å². The van der Waals surface area contributed by atoms with Crippen molar-refractivity contribution in [3.05, 3.63) is 0 Å². The minimum Gasteiger partial charge on any atom is -0.230 e. The first-order valence-electron chi connectivity index (χ1n) is 12.7. The SMILES string of the molecule is CC(C)(C)OOC(C)(C)CCC(C)(C)OOC(C)(C)C.CC1(C)CCC(C)(C)OOC(C)(C)OO1. The molecule has 1 aliphatic heterocycles. The first-order chi connectivity index (χ1) is 15.2. The molecule has 1 heterocycles. The highest BCUT2D eigenvalue weighted by atomic mass is 17.3. The van der Waals surface area contributed by atoms with Gasteiger partial charge in [0.05, 0.1) is 33.6 Å². The Morgan fingerprint density at radius 2 is 0.771 bits per heavy atom. The molecule has 212 valence electrons. The molecular formula is C27H56O8. The normalized spacial score (nSPS) is 21.3. The van der Waals surface area contributed by atoms with Crippen molar-refractivity contribution in [1.82, 2.24) is 0 Å². The molecule has 0 radical (unpaired) electrons. The zero-order valence-electron chi connectivity index (χ0n) is 25.6. The van der Waals surface area contributed by atoms with Crippen LogP contribution in [0.3, 0.4) is 0 Å². The van der Waals surface area contributed by atoms with Gasteiger partial charge in [0, 0.05) is 0 Å². The van der Waals surface area contributed by atoms with Gasteiger partial charge in [-0.05, 0) is 136 Å². The Kier molecular flexibility index (Phi) is 12.4. The van der Waals surface area contributed by atoms with Crippen LogP contribution < -0.4 is 0 Å². The van der Waals surface area contributed by atoms with Crippen LogP contribution in [0.25, 0.3) is 0 Å². The summed E-state index contributed by atoms with van der Waals surface area (Å²) >= 11 is 0. The Bertz CT molecular complexity index is 524. The highest BCUT2D eigenvalue weighted by Gasteiger charge is 2.35. The van der Waals surface area contributed by atoms with Gasteiger partial charge < -0.3 is 0 Å². The van der Waals surface area contributed by atoms with E-state index in [-0.39, 0.29) is 33.6 Å². The molecule has 1 aliphatic rings. The molecule has 1 fully saturated rings. The molecule has 0 spiro atoms. The molecule has 0 atom stereocenters. The highest BCUT2D eigenvalue weighted by molar-refractivity contribution is 4.76. The molecule has 0 aromatic rings. The van der Waals surface area contributed by atoms with Gasteiger partial charge in [-0.1, -0.05) is 0 Å². The largest absolute Gasteiger partial charge is 0.230 e. The summed E-state index contributed by atoms with van der Waals surface area (Å²) in [5, 5.41) is 0. The smallest absolute Gasteiger partial charge is 0.228 e. The number of rotatable bonds is 7. The molecule has 8 heteroatoms.